The average molecular weight is 352 g/mol. The number of hydrogen-bond donors (Lipinski definition) is 2. The zero-order chi connectivity index (χ0) is 18.4. The first-order valence-corrected chi connectivity index (χ1v) is 9.20. The average Bonchev–Trinajstić information content (AvgIpc) is 2.65. The van der Waals surface area contributed by atoms with Crippen LogP contribution >= 0.6 is 0 Å². The minimum absolute atomic E-state index is 0.0236. The van der Waals surface area contributed by atoms with E-state index in [-0.39, 0.29) is 5.91 Å². The fourth-order valence-electron chi connectivity index (χ4n) is 3.05. The molecule has 1 saturated heterocycles. The molecule has 2 N–H and O–H groups in total. The second-order valence-corrected chi connectivity index (χ2v) is 6.97. The van der Waals surface area contributed by atoms with Crippen molar-refractivity contribution >= 4 is 17.3 Å². The molecule has 0 radical (unpaired) electrons. The van der Waals surface area contributed by atoms with E-state index in [1.54, 1.807) is 0 Å². The molecule has 0 spiro atoms. The fourth-order valence-corrected chi connectivity index (χ4v) is 3.05. The van der Waals surface area contributed by atoms with Crippen LogP contribution in [0.1, 0.15) is 11.1 Å². The van der Waals surface area contributed by atoms with Crippen molar-refractivity contribution in [2.75, 3.05) is 50.0 Å². The summed E-state index contributed by atoms with van der Waals surface area (Å²) in [5.41, 5.74) is 4.48. The van der Waals surface area contributed by atoms with Gasteiger partial charge in [-0.2, -0.15) is 0 Å². The molecule has 0 aromatic heterocycles. The zero-order valence-electron chi connectivity index (χ0n) is 15.7. The third kappa shape index (κ3) is 5.31. The summed E-state index contributed by atoms with van der Waals surface area (Å²) < 4.78 is 0. The topological polar surface area (TPSA) is 47.6 Å². The number of piperazine rings is 1. The molecule has 0 unspecified atom stereocenters. The summed E-state index contributed by atoms with van der Waals surface area (Å²) in [5, 5.41) is 6.13. The molecule has 0 aliphatic carbocycles. The lowest BCUT2D eigenvalue weighted by atomic mass is 10.1. The lowest BCUT2D eigenvalue weighted by molar-refractivity contribution is -0.115. The normalized spacial score (nSPS) is 15.1. The monoisotopic (exact) mass is 352 g/mol. The van der Waals surface area contributed by atoms with Crippen LogP contribution in [0.5, 0.6) is 0 Å². The van der Waals surface area contributed by atoms with Gasteiger partial charge >= 0.3 is 0 Å². The van der Waals surface area contributed by atoms with E-state index in [2.05, 4.69) is 70.8 Å². The van der Waals surface area contributed by atoms with Gasteiger partial charge in [0, 0.05) is 44.1 Å². The highest BCUT2D eigenvalue weighted by Crippen LogP contribution is 2.19. The zero-order valence-corrected chi connectivity index (χ0v) is 15.7. The molecule has 0 atom stereocenters. The van der Waals surface area contributed by atoms with Gasteiger partial charge in [-0.3, -0.25) is 4.79 Å². The predicted octanol–water partition coefficient (Wildman–Crippen LogP) is 2.48. The minimum atomic E-state index is -0.0236. The van der Waals surface area contributed by atoms with Gasteiger partial charge in [0.05, 0.1) is 6.54 Å². The van der Waals surface area contributed by atoms with E-state index in [4.69, 9.17) is 0 Å². The third-order valence-corrected chi connectivity index (χ3v) is 4.75. The smallest absolute Gasteiger partial charge is 0.238 e. The molecule has 5 nitrogen and oxygen atoms in total. The van der Waals surface area contributed by atoms with Crippen molar-refractivity contribution in [2.24, 2.45) is 0 Å². The van der Waals surface area contributed by atoms with Crippen LogP contribution in [0, 0.1) is 6.92 Å². The van der Waals surface area contributed by atoms with Gasteiger partial charge in [0.2, 0.25) is 5.91 Å². The summed E-state index contributed by atoms with van der Waals surface area (Å²) in [5.74, 6) is -0.0236. The van der Waals surface area contributed by atoms with Crippen LogP contribution in [0.25, 0.3) is 0 Å². The quantitative estimate of drug-likeness (QED) is 0.839. The third-order valence-electron chi connectivity index (χ3n) is 4.75. The lowest BCUT2D eigenvalue weighted by Gasteiger charge is -2.34. The molecule has 26 heavy (non-hydrogen) atoms. The summed E-state index contributed by atoms with van der Waals surface area (Å²) in [4.78, 5) is 16.8. The van der Waals surface area contributed by atoms with E-state index in [0.717, 1.165) is 31.9 Å². The van der Waals surface area contributed by atoms with Crippen LogP contribution in [0.15, 0.2) is 48.5 Å². The molecule has 2 aromatic rings. The molecule has 0 saturated carbocycles. The molecule has 0 bridgehead atoms. The van der Waals surface area contributed by atoms with Gasteiger partial charge in [-0.1, -0.05) is 29.8 Å². The van der Waals surface area contributed by atoms with Crippen molar-refractivity contribution in [3.8, 4) is 0 Å². The molecule has 1 aliphatic rings. The number of anilines is 2. The molecule has 1 amide bonds. The Bertz CT molecular complexity index is 704. The SMILES string of the molecule is Cc1ccc(CNCC(=O)Nc2ccc(N3CCN(C)CC3)cc2)cc1. The van der Waals surface area contributed by atoms with Crippen molar-refractivity contribution in [3.05, 3.63) is 59.7 Å². The number of amides is 1. The van der Waals surface area contributed by atoms with Crippen LogP contribution in [0.4, 0.5) is 11.4 Å². The Morgan fingerprint density at radius 1 is 0.962 bits per heavy atom. The van der Waals surface area contributed by atoms with E-state index < -0.39 is 0 Å². The lowest BCUT2D eigenvalue weighted by Crippen LogP contribution is -2.44. The van der Waals surface area contributed by atoms with Gasteiger partial charge in [-0.05, 0) is 43.8 Å². The van der Waals surface area contributed by atoms with Crippen molar-refractivity contribution in [2.45, 2.75) is 13.5 Å². The predicted molar refractivity (Wildman–Crippen MR) is 108 cm³/mol. The number of nitrogens with one attached hydrogen (secondary N) is 2. The molecular weight excluding hydrogens is 324 g/mol. The molecule has 1 aliphatic heterocycles. The highest BCUT2D eigenvalue weighted by molar-refractivity contribution is 5.92. The van der Waals surface area contributed by atoms with E-state index in [1.807, 2.05) is 12.1 Å². The fraction of sp³-hybridized carbons (Fsp3) is 0.381. The standard InChI is InChI=1S/C21H28N4O/c1-17-3-5-18(6-4-17)15-22-16-21(26)23-19-7-9-20(10-8-19)25-13-11-24(2)12-14-25/h3-10,22H,11-16H2,1-2H3,(H,23,26). The second kappa shape index (κ2) is 8.83. The first kappa shape index (κ1) is 18.4. The van der Waals surface area contributed by atoms with E-state index >= 15 is 0 Å². The minimum Gasteiger partial charge on any atom is -0.369 e. The van der Waals surface area contributed by atoms with Gasteiger partial charge in [0.15, 0.2) is 0 Å². The van der Waals surface area contributed by atoms with Gasteiger partial charge in [-0.25, -0.2) is 0 Å². The van der Waals surface area contributed by atoms with E-state index in [9.17, 15) is 4.79 Å². The molecule has 5 heteroatoms. The summed E-state index contributed by atoms with van der Waals surface area (Å²) in [6, 6.07) is 16.4. The summed E-state index contributed by atoms with van der Waals surface area (Å²) in [7, 11) is 2.16. The highest BCUT2D eigenvalue weighted by atomic mass is 16.1. The van der Waals surface area contributed by atoms with Crippen molar-refractivity contribution in [3.63, 3.8) is 0 Å². The van der Waals surface area contributed by atoms with Crippen LogP contribution in [-0.2, 0) is 11.3 Å². The molecule has 3 rings (SSSR count). The number of nitrogens with zero attached hydrogens (tertiary/aromatic N) is 2. The van der Waals surface area contributed by atoms with Crippen LogP contribution in [0.3, 0.4) is 0 Å². The number of hydrogen-bond acceptors (Lipinski definition) is 4. The maximum atomic E-state index is 12.1. The molecule has 138 valence electrons. The number of rotatable bonds is 6. The van der Waals surface area contributed by atoms with Crippen LogP contribution in [-0.4, -0.2) is 50.6 Å². The Kier molecular flexibility index (Phi) is 6.26. The van der Waals surface area contributed by atoms with Crippen LogP contribution < -0.4 is 15.5 Å². The number of likely N-dealkylation sites (N-methyl/N-ethyl adjacent to an activating group) is 1. The van der Waals surface area contributed by atoms with Crippen LogP contribution in [0.2, 0.25) is 0 Å². The maximum absolute atomic E-state index is 12.1. The van der Waals surface area contributed by atoms with Gasteiger partial charge in [0.1, 0.15) is 0 Å². The number of aryl methyl sites for hydroxylation is 1. The van der Waals surface area contributed by atoms with Gasteiger partial charge in [-0.15, -0.1) is 0 Å². The summed E-state index contributed by atoms with van der Waals surface area (Å²) in [6.07, 6.45) is 0. The van der Waals surface area contributed by atoms with Crippen molar-refractivity contribution < 1.29 is 4.79 Å². The molecule has 2 aromatic carbocycles. The number of benzene rings is 2. The van der Waals surface area contributed by atoms with Gasteiger partial charge < -0.3 is 20.4 Å². The second-order valence-electron chi connectivity index (χ2n) is 6.97. The number of carbonyl (C=O) groups excluding carboxylic acids is 1. The molecule has 1 fully saturated rings. The van der Waals surface area contributed by atoms with Gasteiger partial charge in [0.25, 0.3) is 0 Å². The Morgan fingerprint density at radius 3 is 2.27 bits per heavy atom. The highest BCUT2D eigenvalue weighted by Gasteiger charge is 2.14. The maximum Gasteiger partial charge on any atom is 0.238 e. The molecule has 1 heterocycles. The largest absolute Gasteiger partial charge is 0.369 e. The summed E-state index contributed by atoms with van der Waals surface area (Å²) in [6.45, 7) is 7.33. The Labute approximate surface area is 156 Å². The Balaban J connectivity index is 1.43. The van der Waals surface area contributed by atoms with E-state index in [0.29, 0.717) is 13.1 Å². The first-order valence-electron chi connectivity index (χ1n) is 9.20. The van der Waals surface area contributed by atoms with Crippen molar-refractivity contribution in [1.29, 1.82) is 0 Å². The summed E-state index contributed by atoms with van der Waals surface area (Å²) >= 11 is 0. The van der Waals surface area contributed by atoms with E-state index in [1.165, 1.54) is 16.8 Å². The Hall–Kier alpha value is -2.37. The Morgan fingerprint density at radius 2 is 1.62 bits per heavy atom. The first-order chi connectivity index (χ1) is 12.6. The molecular formula is C21H28N4O. The van der Waals surface area contributed by atoms with Crippen molar-refractivity contribution in [1.82, 2.24) is 10.2 Å². The number of carbonyl (C=O) groups is 1.